The minimum Gasteiger partial charge on any atom is -0.511 e. The van der Waals surface area contributed by atoms with Crippen molar-refractivity contribution in [3.63, 3.8) is 0 Å². The molecule has 1 aromatic rings. The number of carbonyl (C=O) groups is 3. The highest BCUT2D eigenvalue weighted by molar-refractivity contribution is 6.25. The summed E-state index contributed by atoms with van der Waals surface area (Å²) in [5, 5.41) is 46.9. The van der Waals surface area contributed by atoms with Gasteiger partial charge in [0.2, 0.25) is 5.78 Å². The molecule has 4 rings (SSSR count). The van der Waals surface area contributed by atoms with E-state index in [-0.39, 0.29) is 41.1 Å². The molecule has 0 fully saturated rings. The molecule has 0 amide bonds. The number of phenolic OH excluding ortho intramolecular Hbond substituents is 1. The molecule has 7 nitrogen and oxygen atoms in total. The number of benzene rings is 1. The molecule has 1 aromatic carbocycles. The Morgan fingerprint density at radius 2 is 1.71 bits per heavy atom. The number of allylic oxidation sites excluding steroid dienone is 3. The maximum Gasteiger partial charge on any atom is 0.209 e. The van der Waals surface area contributed by atoms with Gasteiger partial charge in [-0.05, 0) is 80.0 Å². The lowest BCUT2D eigenvalue weighted by atomic mass is 9.44. The van der Waals surface area contributed by atoms with E-state index in [1.54, 1.807) is 6.92 Å². The van der Waals surface area contributed by atoms with Crippen molar-refractivity contribution in [2.75, 3.05) is 0 Å². The van der Waals surface area contributed by atoms with E-state index in [9.17, 15) is 34.8 Å². The van der Waals surface area contributed by atoms with Crippen LogP contribution in [-0.2, 0) is 22.4 Å². The second kappa shape index (κ2) is 9.94. The molecule has 1 unspecified atom stereocenters. The van der Waals surface area contributed by atoms with Crippen molar-refractivity contribution in [2.45, 2.75) is 100 Å². The zero-order valence-electron chi connectivity index (χ0n) is 26.5. The van der Waals surface area contributed by atoms with Crippen molar-refractivity contribution in [2.24, 2.45) is 28.1 Å². The van der Waals surface area contributed by atoms with Gasteiger partial charge in [-0.3, -0.25) is 14.4 Å². The van der Waals surface area contributed by atoms with Gasteiger partial charge in [0.1, 0.15) is 22.8 Å². The first-order chi connectivity index (χ1) is 19.1. The fourth-order valence-electron chi connectivity index (χ4n) is 8.24. The zero-order valence-corrected chi connectivity index (χ0v) is 26.5. The Kier molecular flexibility index (Phi) is 7.51. The van der Waals surface area contributed by atoms with Crippen LogP contribution in [0.5, 0.6) is 5.75 Å². The van der Waals surface area contributed by atoms with Crippen LogP contribution in [0.3, 0.4) is 0 Å². The molecule has 0 saturated heterocycles. The van der Waals surface area contributed by atoms with Crippen LogP contribution in [0.4, 0.5) is 0 Å². The molecule has 42 heavy (non-hydrogen) atoms. The highest BCUT2D eigenvalue weighted by Gasteiger charge is 2.71. The van der Waals surface area contributed by atoms with Gasteiger partial charge < -0.3 is 20.4 Å². The Morgan fingerprint density at radius 3 is 2.21 bits per heavy atom. The summed E-state index contributed by atoms with van der Waals surface area (Å²) in [4.78, 5) is 40.8. The molecular weight excluding hydrogens is 532 g/mol. The number of hydrogen-bond acceptors (Lipinski definition) is 7. The summed E-state index contributed by atoms with van der Waals surface area (Å²) >= 11 is 0. The van der Waals surface area contributed by atoms with E-state index in [0.717, 1.165) is 30.9 Å². The molecule has 3 aliphatic carbocycles. The van der Waals surface area contributed by atoms with E-state index in [1.165, 1.54) is 0 Å². The second-order valence-electron chi connectivity index (χ2n) is 14.9. The highest BCUT2D eigenvalue weighted by Crippen LogP contribution is 2.65. The van der Waals surface area contributed by atoms with Crippen LogP contribution in [-0.4, -0.2) is 43.4 Å². The predicted molar refractivity (Wildman–Crippen MR) is 162 cm³/mol. The van der Waals surface area contributed by atoms with Crippen LogP contribution in [0.2, 0.25) is 0 Å². The molecule has 0 heterocycles. The number of Topliss-reactive ketones (excluding diaryl/α,β-unsaturated/α-hetero) is 3. The highest BCUT2D eigenvalue weighted by atomic mass is 16.3. The van der Waals surface area contributed by atoms with E-state index in [0.29, 0.717) is 17.5 Å². The normalized spacial score (nSPS) is 29.5. The third-order valence-electron chi connectivity index (χ3n) is 9.92. The molecule has 0 aliphatic heterocycles. The first kappa shape index (κ1) is 31.7. The summed E-state index contributed by atoms with van der Waals surface area (Å²) in [6.07, 6.45) is 2.54. The molecule has 7 heteroatoms. The molecule has 4 atom stereocenters. The molecule has 3 aliphatic rings. The van der Waals surface area contributed by atoms with Gasteiger partial charge in [0.15, 0.2) is 17.2 Å². The van der Waals surface area contributed by atoms with E-state index in [2.05, 4.69) is 27.4 Å². The number of aromatic hydroxyl groups is 1. The van der Waals surface area contributed by atoms with Crippen LogP contribution < -0.4 is 0 Å². The van der Waals surface area contributed by atoms with Crippen LogP contribution in [0, 0.1) is 28.1 Å². The van der Waals surface area contributed by atoms with Crippen molar-refractivity contribution in [1.82, 2.24) is 0 Å². The number of phenols is 1. The third kappa shape index (κ3) is 4.38. The number of fused-ring (bicyclic) bond motifs is 3. The topological polar surface area (TPSA) is 132 Å². The van der Waals surface area contributed by atoms with Gasteiger partial charge in [0, 0.05) is 22.3 Å². The SMILES string of the molecule is C=C(C)c1cc(CCCC(C)(C)C)c(O)c2c1C[C@]1(C)C[C@]3(C)C(C(C)C)C(O)=C(C(C)=O)C(=O)[C@]3(O)C(O)=C1C2=O. The van der Waals surface area contributed by atoms with E-state index < -0.39 is 56.8 Å². The van der Waals surface area contributed by atoms with Crippen molar-refractivity contribution < 1.29 is 34.8 Å². The lowest BCUT2D eigenvalue weighted by molar-refractivity contribution is -0.171. The lowest BCUT2D eigenvalue weighted by Gasteiger charge is -2.59. The van der Waals surface area contributed by atoms with Crippen LogP contribution >= 0.6 is 0 Å². The van der Waals surface area contributed by atoms with Crippen molar-refractivity contribution in [3.8, 4) is 5.75 Å². The number of carbonyl (C=O) groups excluding carboxylic acids is 3. The van der Waals surface area contributed by atoms with Gasteiger partial charge in [-0.15, -0.1) is 0 Å². The van der Waals surface area contributed by atoms with Crippen LogP contribution in [0.1, 0.15) is 109 Å². The first-order valence-electron chi connectivity index (χ1n) is 14.9. The number of ketones is 3. The Hall–Kier alpha value is -3.19. The Morgan fingerprint density at radius 1 is 1.12 bits per heavy atom. The summed E-state index contributed by atoms with van der Waals surface area (Å²) in [7, 11) is 0. The first-order valence-corrected chi connectivity index (χ1v) is 14.9. The number of aliphatic hydroxyl groups excluding tert-OH is 2. The summed E-state index contributed by atoms with van der Waals surface area (Å²) in [5.41, 5.74) is -2.94. The molecule has 0 saturated carbocycles. The van der Waals surface area contributed by atoms with Crippen LogP contribution in [0.15, 0.2) is 35.3 Å². The van der Waals surface area contributed by atoms with E-state index >= 15 is 0 Å². The minimum absolute atomic E-state index is 0.0568. The lowest BCUT2D eigenvalue weighted by Crippen LogP contribution is -2.67. The fraction of sp³-hybridized carbons (Fsp3) is 0.571. The van der Waals surface area contributed by atoms with E-state index in [1.807, 2.05) is 33.8 Å². The standard InChI is InChI=1S/C35H46O7/c1-17(2)21-14-20(12-11-13-32(6,7)8)27(37)24-22(21)15-33(9)16-34(10)25(18(3)4)28(38)23(19(5)36)30(40)35(34,42)31(41)26(33)29(24)39/h14,18,25,37-38,41-42H,1,11-13,15-16H2,2-10H3/t25?,33-,34-,35+/m1/s1. The number of aliphatic hydroxyl groups is 3. The molecule has 228 valence electrons. The fourth-order valence-corrected chi connectivity index (χ4v) is 8.24. The quantitative estimate of drug-likeness (QED) is 0.275. The van der Waals surface area contributed by atoms with Gasteiger partial charge in [0.25, 0.3) is 0 Å². The average Bonchev–Trinajstić information content (AvgIpc) is 2.81. The smallest absolute Gasteiger partial charge is 0.209 e. The van der Waals surface area contributed by atoms with Crippen molar-refractivity contribution >= 4 is 22.9 Å². The van der Waals surface area contributed by atoms with Crippen molar-refractivity contribution in [1.29, 1.82) is 0 Å². The summed E-state index contributed by atoms with van der Waals surface area (Å²) in [6.45, 7) is 20.6. The number of rotatable bonds is 6. The Bertz CT molecular complexity index is 1480. The van der Waals surface area contributed by atoms with Gasteiger partial charge >= 0.3 is 0 Å². The monoisotopic (exact) mass is 578 g/mol. The molecule has 0 radical (unpaired) electrons. The van der Waals surface area contributed by atoms with Gasteiger partial charge in [-0.25, -0.2) is 0 Å². The maximum absolute atomic E-state index is 14.4. The van der Waals surface area contributed by atoms with Crippen molar-refractivity contribution in [3.05, 3.63) is 57.6 Å². The van der Waals surface area contributed by atoms with Crippen LogP contribution in [0.25, 0.3) is 5.57 Å². The Labute approximate surface area is 249 Å². The largest absolute Gasteiger partial charge is 0.511 e. The minimum atomic E-state index is -2.62. The summed E-state index contributed by atoms with van der Waals surface area (Å²) < 4.78 is 0. The summed E-state index contributed by atoms with van der Waals surface area (Å²) in [5.74, 6) is -5.01. The second-order valence-corrected chi connectivity index (χ2v) is 14.9. The molecule has 4 N–H and O–H groups in total. The van der Waals surface area contributed by atoms with E-state index in [4.69, 9.17) is 0 Å². The molecule has 0 aromatic heterocycles. The average molecular weight is 579 g/mol. The Balaban J connectivity index is 2.00. The van der Waals surface area contributed by atoms with Gasteiger partial charge in [-0.2, -0.15) is 0 Å². The summed E-state index contributed by atoms with van der Waals surface area (Å²) in [6, 6.07) is 1.90. The molecular formula is C35H46O7. The van der Waals surface area contributed by atoms with Gasteiger partial charge in [0.05, 0.1) is 5.56 Å². The molecule has 0 spiro atoms. The number of hydrogen-bond donors (Lipinski definition) is 4. The zero-order chi connectivity index (χ0) is 31.9. The van der Waals surface area contributed by atoms with Gasteiger partial charge in [-0.1, -0.05) is 60.6 Å². The maximum atomic E-state index is 14.4. The number of aryl methyl sites for hydroxylation is 1. The predicted octanol–water partition coefficient (Wildman–Crippen LogP) is 6.75. The molecule has 0 bridgehead atoms. The third-order valence-corrected chi connectivity index (χ3v) is 9.92.